The lowest BCUT2D eigenvalue weighted by Gasteiger charge is -2.28. The minimum Gasteiger partial charge on any atom is -0.507 e. The van der Waals surface area contributed by atoms with Crippen LogP contribution in [0.4, 0.5) is 0 Å². The third-order valence-corrected chi connectivity index (χ3v) is 13.3. The summed E-state index contributed by atoms with van der Waals surface area (Å²) < 4.78 is 54.5. The molecule has 4 nitrogen and oxygen atoms in total. The highest BCUT2D eigenvalue weighted by molar-refractivity contribution is 5.98. The molecular formula is C66H61N3O. The molecule has 10 aromatic rings. The molecule has 0 amide bonds. The average Bonchev–Trinajstić information content (AvgIpc) is 3.87. The van der Waals surface area contributed by atoms with E-state index >= 15 is 0 Å². The van der Waals surface area contributed by atoms with Crippen LogP contribution in [-0.4, -0.2) is 19.6 Å². The van der Waals surface area contributed by atoms with E-state index in [0.29, 0.717) is 16.9 Å². The smallest absolute Gasteiger partial charge is 0.149 e. The fourth-order valence-electron chi connectivity index (χ4n) is 9.50. The van der Waals surface area contributed by atoms with Gasteiger partial charge in [0.25, 0.3) is 0 Å². The van der Waals surface area contributed by atoms with Crippen molar-refractivity contribution in [1.29, 1.82) is 0 Å². The number of aromatic nitrogens is 3. The molecule has 0 spiro atoms. The molecular weight excluding hydrogens is 851 g/mol. The van der Waals surface area contributed by atoms with Gasteiger partial charge in [-0.25, -0.2) is 4.98 Å². The molecule has 0 aliphatic heterocycles. The molecule has 0 saturated carbocycles. The van der Waals surface area contributed by atoms with Crippen LogP contribution in [0.1, 0.15) is 87.1 Å². The summed E-state index contributed by atoms with van der Waals surface area (Å²) in [5.41, 5.74) is 12.2. The third kappa shape index (κ3) is 8.98. The first-order valence-corrected chi connectivity index (χ1v) is 23.9. The zero-order chi connectivity index (χ0) is 54.0. The molecule has 0 atom stereocenters. The van der Waals surface area contributed by atoms with Gasteiger partial charge in [-0.05, 0) is 132 Å². The predicted octanol–water partition coefficient (Wildman–Crippen LogP) is 17.7. The second kappa shape index (κ2) is 17.9. The number of nitrogens with zero attached hydrogens (tertiary/aromatic N) is 3. The van der Waals surface area contributed by atoms with Gasteiger partial charge in [0, 0.05) is 31.1 Å². The molecule has 0 bridgehead atoms. The van der Waals surface area contributed by atoms with Crippen LogP contribution in [0, 0.1) is 0 Å². The van der Waals surface area contributed by atoms with Crippen LogP contribution in [0.15, 0.2) is 200 Å². The van der Waals surface area contributed by atoms with Gasteiger partial charge in [-0.1, -0.05) is 202 Å². The lowest BCUT2D eigenvalue weighted by Crippen LogP contribution is -2.18. The first kappa shape index (κ1) is 39.1. The van der Waals surface area contributed by atoms with E-state index in [1.165, 1.54) is 6.92 Å². The molecule has 0 aliphatic rings. The summed E-state index contributed by atoms with van der Waals surface area (Å²) in [5.74, 6) is -0.121. The monoisotopic (exact) mass is 918 g/mol. The number of phenols is 1. The lowest BCUT2D eigenvalue weighted by molar-refractivity contribution is 0.446. The van der Waals surface area contributed by atoms with Crippen molar-refractivity contribution in [2.24, 2.45) is 0 Å². The van der Waals surface area contributed by atoms with Crippen molar-refractivity contribution in [3.63, 3.8) is 0 Å². The van der Waals surface area contributed by atoms with Gasteiger partial charge in [0.1, 0.15) is 11.6 Å². The Kier molecular flexibility index (Phi) is 10.0. The minimum atomic E-state index is -3.04. The Hall–Kier alpha value is -7.82. The number of rotatable bonds is 8. The quantitative estimate of drug-likeness (QED) is 0.165. The summed E-state index contributed by atoms with van der Waals surface area (Å²) in [5, 5.41) is 12.8. The van der Waals surface area contributed by atoms with Gasteiger partial charge in [0.15, 0.2) is 0 Å². The fourth-order valence-corrected chi connectivity index (χ4v) is 9.50. The van der Waals surface area contributed by atoms with Gasteiger partial charge >= 0.3 is 0 Å². The summed E-state index contributed by atoms with van der Waals surface area (Å²) in [6, 6.07) is 65.9. The molecule has 0 unspecified atom stereocenters. The molecule has 0 radical (unpaired) electrons. The first-order valence-electron chi connectivity index (χ1n) is 26.9. The molecule has 0 fully saturated rings. The van der Waals surface area contributed by atoms with E-state index in [-0.39, 0.29) is 11.1 Å². The number of hydrogen-bond donors (Lipinski definition) is 1. The largest absolute Gasteiger partial charge is 0.507 e. The maximum atomic E-state index is 12.8. The van der Waals surface area contributed by atoms with E-state index in [2.05, 4.69) is 135 Å². The van der Waals surface area contributed by atoms with Crippen molar-refractivity contribution in [2.45, 2.75) is 78.4 Å². The Bertz CT molecular complexity index is 3740. The SMILES string of the molecule is [2H]C([2H])([2H])C(C)(c1cc(C(C)(C)C)cc(-c2nc3c(-c4cc(-c5ccccc5)cc(-c5cc(-c6ccc(-c7ccccc7)cc6)ccn5)c4)cccc3n2-c2ccc(-c3ccccc3)cc2C(C)(C)C)c1O)C([2H])([2H])[2H]. The standard InChI is InChI=1S/C66H61N3O/c1-64(2,3)53-41-55(62(70)57(42-53)66(7,8)9)63-68-61-54(26-19-27-60(61)69(63)59-33-32-48(39-56(59)65(4,5)6)44-22-15-11-16-23-44)51-36-50(45-24-17-12-18-25-45)37-52(38-51)58-40-49(34-35-67-58)47-30-28-46(29-31-47)43-20-13-10-14-21-43/h10-42,70H,1-9H3/i7D3,8D3. The number of imidazole rings is 1. The molecule has 4 heteroatoms. The molecule has 1 N–H and O–H groups in total. The Morgan fingerprint density at radius 1 is 0.429 bits per heavy atom. The van der Waals surface area contributed by atoms with Gasteiger partial charge in [-0.15, -0.1) is 0 Å². The zero-order valence-electron chi connectivity index (χ0n) is 46.8. The van der Waals surface area contributed by atoms with E-state index in [4.69, 9.17) is 18.2 Å². The van der Waals surface area contributed by atoms with Crippen molar-refractivity contribution < 1.29 is 13.3 Å². The normalized spacial score (nSPS) is 13.8. The Labute approximate surface area is 422 Å². The highest BCUT2D eigenvalue weighted by atomic mass is 16.3. The molecule has 2 aromatic heterocycles. The van der Waals surface area contributed by atoms with Crippen LogP contribution in [0.2, 0.25) is 0 Å². The zero-order valence-corrected chi connectivity index (χ0v) is 40.8. The molecule has 8 aromatic carbocycles. The van der Waals surface area contributed by atoms with Crippen molar-refractivity contribution in [2.75, 3.05) is 0 Å². The van der Waals surface area contributed by atoms with Crippen LogP contribution in [0.3, 0.4) is 0 Å². The maximum absolute atomic E-state index is 12.8. The van der Waals surface area contributed by atoms with Crippen LogP contribution < -0.4 is 0 Å². The van der Waals surface area contributed by atoms with E-state index < -0.39 is 35.7 Å². The third-order valence-electron chi connectivity index (χ3n) is 13.3. The maximum Gasteiger partial charge on any atom is 0.149 e. The average molecular weight is 918 g/mol. The number of hydrogen-bond acceptors (Lipinski definition) is 3. The lowest BCUT2D eigenvalue weighted by atomic mass is 9.78. The Morgan fingerprint density at radius 3 is 1.59 bits per heavy atom. The van der Waals surface area contributed by atoms with Gasteiger partial charge in [0.05, 0.1) is 28.0 Å². The number of pyridine rings is 1. The summed E-state index contributed by atoms with van der Waals surface area (Å²) in [6.07, 6.45) is 1.85. The number of aromatic hydroxyl groups is 1. The van der Waals surface area contributed by atoms with E-state index in [1.54, 1.807) is 6.07 Å². The number of phenolic OH excluding ortho intramolecular Hbond substituents is 1. The Morgan fingerprint density at radius 2 is 0.971 bits per heavy atom. The molecule has 0 saturated heterocycles. The molecule has 10 rings (SSSR count). The minimum absolute atomic E-state index is 0.189. The fraction of sp³-hybridized carbons (Fsp3) is 0.182. The first-order chi connectivity index (χ1) is 36.0. The molecule has 2 heterocycles. The van der Waals surface area contributed by atoms with Crippen LogP contribution in [0.5, 0.6) is 5.75 Å². The number of benzene rings is 8. The van der Waals surface area contributed by atoms with E-state index in [0.717, 1.165) is 83.7 Å². The highest BCUT2D eigenvalue weighted by Crippen LogP contribution is 2.46. The van der Waals surface area contributed by atoms with E-state index in [9.17, 15) is 5.11 Å². The second-order valence-electron chi connectivity index (χ2n) is 20.6. The van der Waals surface area contributed by atoms with Crippen molar-refractivity contribution >= 4 is 11.0 Å². The van der Waals surface area contributed by atoms with Crippen LogP contribution in [-0.2, 0) is 16.2 Å². The van der Waals surface area contributed by atoms with Crippen molar-refractivity contribution in [1.82, 2.24) is 14.5 Å². The topological polar surface area (TPSA) is 50.9 Å². The summed E-state index contributed by atoms with van der Waals surface area (Å²) in [6.45, 7) is 7.59. The number of fused-ring (bicyclic) bond motifs is 1. The molecule has 346 valence electrons. The van der Waals surface area contributed by atoms with Crippen LogP contribution in [0.25, 0.3) is 95.0 Å². The summed E-state index contributed by atoms with van der Waals surface area (Å²) in [4.78, 5) is 10.5. The Balaban J connectivity index is 1.25. The summed E-state index contributed by atoms with van der Waals surface area (Å²) >= 11 is 0. The van der Waals surface area contributed by atoms with E-state index in [1.807, 2.05) is 106 Å². The van der Waals surface area contributed by atoms with Crippen LogP contribution >= 0.6 is 0 Å². The van der Waals surface area contributed by atoms with Gasteiger partial charge in [-0.2, -0.15) is 0 Å². The highest BCUT2D eigenvalue weighted by Gasteiger charge is 2.30. The van der Waals surface area contributed by atoms with Gasteiger partial charge in [0.2, 0.25) is 0 Å². The predicted molar refractivity (Wildman–Crippen MR) is 295 cm³/mol. The second-order valence-corrected chi connectivity index (χ2v) is 20.6. The van der Waals surface area contributed by atoms with Gasteiger partial charge < -0.3 is 5.11 Å². The van der Waals surface area contributed by atoms with Crippen molar-refractivity contribution in [3.8, 4) is 89.7 Å². The number of para-hydroxylation sites is 1. The molecule has 70 heavy (non-hydrogen) atoms. The van der Waals surface area contributed by atoms with Crippen molar-refractivity contribution in [3.05, 3.63) is 217 Å². The summed E-state index contributed by atoms with van der Waals surface area (Å²) in [7, 11) is 0. The van der Waals surface area contributed by atoms with Gasteiger partial charge in [-0.3, -0.25) is 9.55 Å². The molecule has 0 aliphatic carbocycles.